The number of benzene rings is 2. The lowest BCUT2D eigenvalue weighted by Gasteiger charge is -2.17. The molecule has 1 unspecified atom stereocenters. The molecule has 4 heteroatoms. The van der Waals surface area contributed by atoms with Crippen LogP contribution < -0.4 is 11.1 Å². The Morgan fingerprint density at radius 2 is 2.00 bits per heavy atom. The third-order valence-electron chi connectivity index (χ3n) is 3.71. The van der Waals surface area contributed by atoms with E-state index in [0.717, 1.165) is 27.9 Å². The van der Waals surface area contributed by atoms with Gasteiger partial charge in [0, 0.05) is 10.7 Å². The summed E-state index contributed by atoms with van der Waals surface area (Å²) in [4.78, 5) is 11.4. The van der Waals surface area contributed by atoms with Gasteiger partial charge in [-0.05, 0) is 41.3 Å². The van der Waals surface area contributed by atoms with Gasteiger partial charge in [-0.25, -0.2) is 0 Å². The van der Waals surface area contributed by atoms with Crippen LogP contribution >= 0.6 is 11.6 Å². The molecular formula is C16H15ClN2O. The summed E-state index contributed by atoms with van der Waals surface area (Å²) in [5.74, 6) is -0.00215. The number of halogens is 1. The third-order valence-corrected chi connectivity index (χ3v) is 4.03. The Morgan fingerprint density at radius 3 is 2.75 bits per heavy atom. The molecule has 0 aromatic heterocycles. The van der Waals surface area contributed by atoms with E-state index < -0.39 is 0 Å². The van der Waals surface area contributed by atoms with Crippen molar-refractivity contribution >= 4 is 23.2 Å². The van der Waals surface area contributed by atoms with Crippen LogP contribution in [0.5, 0.6) is 0 Å². The minimum atomic E-state index is -0.287. The molecule has 102 valence electrons. The highest BCUT2D eigenvalue weighted by atomic mass is 35.5. The molecule has 1 aliphatic rings. The van der Waals surface area contributed by atoms with Crippen LogP contribution in [0.3, 0.4) is 0 Å². The molecule has 0 radical (unpaired) electrons. The quantitative estimate of drug-likeness (QED) is 0.891. The molecule has 3 N–H and O–H groups in total. The van der Waals surface area contributed by atoms with E-state index in [1.165, 1.54) is 0 Å². The maximum atomic E-state index is 11.4. The average molecular weight is 287 g/mol. The van der Waals surface area contributed by atoms with Gasteiger partial charge in [-0.2, -0.15) is 0 Å². The highest BCUT2D eigenvalue weighted by Gasteiger charge is 2.22. The highest BCUT2D eigenvalue weighted by Crippen LogP contribution is 2.34. The summed E-state index contributed by atoms with van der Waals surface area (Å²) in [6.07, 6.45) is 0.389. The maximum Gasteiger partial charge on any atom is 0.228 e. The molecule has 1 heterocycles. The molecular weight excluding hydrogens is 272 g/mol. The van der Waals surface area contributed by atoms with E-state index in [-0.39, 0.29) is 11.9 Å². The Bertz CT molecular complexity index is 697. The van der Waals surface area contributed by atoms with Gasteiger partial charge in [0.2, 0.25) is 5.91 Å². The van der Waals surface area contributed by atoms with Crippen molar-refractivity contribution < 1.29 is 4.79 Å². The van der Waals surface area contributed by atoms with Crippen molar-refractivity contribution in [3.8, 4) is 0 Å². The number of fused-ring (bicyclic) bond motifs is 1. The Labute approximate surface area is 122 Å². The van der Waals surface area contributed by atoms with Gasteiger partial charge in [-0.1, -0.05) is 35.9 Å². The third kappa shape index (κ3) is 2.19. The van der Waals surface area contributed by atoms with Gasteiger partial charge in [0.15, 0.2) is 0 Å². The summed E-state index contributed by atoms with van der Waals surface area (Å²) < 4.78 is 0. The lowest BCUT2D eigenvalue weighted by Crippen LogP contribution is -2.14. The second-order valence-electron chi connectivity index (χ2n) is 5.09. The number of carbonyl (C=O) groups is 1. The summed E-state index contributed by atoms with van der Waals surface area (Å²) in [6.45, 7) is 2.03. The van der Waals surface area contributed by atoms with Crippen molar-refractivity contribution in [2.75, 3.05) is 5.32 Å². The second-order valence-corrected chi connectivity index (χ2v) is 5.50. The number of carbonyl (C=O) groups excluding carboxylic acids is 1. The fourth-order valence-electron chi connectivity index (χ4n) is 2.61. The molecule has 0 bridgehead atoms. The van der Waals surface area contributed by atoms with E-state index in [9.17, 15) is 4.79 Å². The Kier molecular flexibility index (Phi) is 3.24. The fourth-order valence-corrected chi connectivity index (χ4v) is 2.89. The van der Waals surface area contributed by atoms with E-state index >= 15 is 0 Å². The van der Waals surface area contributed by atoms with Crippen molar-refractivity contribution in [2.24, 2.45) is 5.73 Å². The zero-order chi connectivity index (χ0) is 14.3. The molecule has 0 spiro atoms. The molecule has 0 fully saturated rings. The van der Waals surface area contributed by atoms with Crippen molar-refractivity contribution in [1.82, 2.24) is 0 Å². The smallest absolute Gasteiger partial charge is 0.228 e. The number of nitrogens with one attached hydrogen (secondary N) is 1. The van der Waals surface area contributed by atoms with E-state index in [1.54, 1.807) is 6.07 Å². The van der Waals surface area contributed by atoms with Gasteiger partial charge in [-0.3, -0.25) is 4.79 Å². The van der Waals surface area contributed by atoms with E-state index in [0.29, 0.717) is 11.4 Å². The number of anilines is 1. The zero-order valence-corrected chi connectivity index (χ0v) is 11.9. The number of aryl methyl sites for hydroxylation is 1. The molecule has 0 aliphatic carbocycles. The molecule has 2 aromatic carbocycles. The van der Waals surface area contributed by atoms with Gasteiger partial charge in [-0.15, -0.1) is 0 Å². The molecule has 0 saturated carbocycles. The van der Waals surface area contributed by atoms with Crippen LogP contribution in [0.1, 0.15) is 28.3 Å². The molecule has 0 saturated heterocycles. The summed E-state index contributed by atoms with van der Waals surface area (Å²) in [7, 11) is 0. The molecule has 3 rings (SSSR count). The predicted octanol–water partition coefficient (Wildman–Crippen LogP) is 3.19. The van der Waals surface area contributed by atoms with Gasteiger partial charge in [0.05, 0.1) is 12.5 Å². The Hall–Kier alpha value is -1.84. The van der Waals surface area contributed by atoms with Crippen LogP contribution in [0.15, 0.2) is 36.4 Å². The summed E-state index contributed by atoms with van der Waals surface area (Å²) in [5.41, 5.74) is 11.1. The minimum Gasteiger partial charge on any atom is -0.325 e. The zero-order valence-electron chi connectivity index (χ0n) is 11.1. The first-order valence-corrected chi connectivity index (χ1v) is 6.87. The standard InChI is InChI=1S/C16H15ClN2O/c1-9-4-2-3-5-11(9)16(18)12-6-10-7-15(20)19-14(10)8-13(12)17/h2-6,8,16H,7,18H2,1H3,(H,19,20). The van der Waals surface area contributed by atoms with Gasteiger partial charge in [0.25, 0.3) is 0 Å². The largest absolute Gasteiger partial charge is 0.325 e. The Balaban J connectivity index is 2.05. The van der Waals surface area contributed by atoms with E-state index in [4.69, 9.17) is 17.3 Å². The first kappa shape index (κ1) is 13.2. The lowest BCUT2D eigenvalue weighted by atomic mass is 9.94. The molecule has 1 atom stereocenters. The van der Waals surface area contributed by atoms with Gasteiger partial charge < -0.3 is 11.1 Å². The number of hydrogen-bond acceptors (Lipinski definition) is 2. The van der Waals surface area contributed by atoms with Crippen molar-refractivity contribution in [1.29, 1.82) is 0 Å². The number of hydrogen-bond donors (Lipinski definition) is 2. The van der Waals surface area contributed by atoms with Gasteiger partial charge in [0.1, 0.15) is 0 Å². The van der Waals surface area contributed by atoms with Crippen LogP contribution in [0.25, 0.3) is 0 Å². The molecule has 3 nitrogen and oxygen atoms in total. The van der Waals surface area contributed by atoms with E-state index in [1.807, 2.05) is 37.3 Å². The predicted molar refractivity (Wildman–Crippen MR) is 81.0 cm³/mol. The van der Waals surface area contributed by atoms with Crippen molar-refractivity contribution in [3.05, 3.63) is 63.7 Å². The molecule has 20 heavy (non-hydrogen) atoms. The molecule has 1 amide bonds. The fraction of sp³-hybridized carbons (Fsp3) is 0.188. The van der Waals surface area contributed by atoms with Crippen LogP contribution in [0, 0.1) is 6.92 Å². The highest BCUT2D eigenvalue weighted by molar-refractivity contribution is 6.32. The first-order chi connectivity index (χ1) is 9.56. The first-order valence-electron chi connectivity index (χ1n) is 6.49. The Morgan fingerprint density at radius 1 is 1.25 bits per heavy atom. The van der Waals surface area contributed by atoms with Crippen molar-refractivity contribution in [2.45, 2.75) is 19.4 Å². The average Bonchev–Trinajstić information content (AvgIpc) is 2.76. The van der Waals surface area contributed by atoms with Gasteiger partial charge >= 0.3 is 0 Å². The second kappa shape index (κ2) is 4.93. The summed E-state index contributed by atoms with van der Waals surface area (Å²) in [5, 5.41) is 3.38. The normalized spacial score (nSPS) is 14.8. The van der Waals surface area contributed by atoms with Crippen LogP contribution in [-0.2, 0) is 11.2 Å². The number of nitrogens with two attached hydrogens (primary N) is 1. The topological polar surface area (TPSA) is 55.1 Å². The van der Waals surface area contributed by atoms with Crippen molar-refractivity contribution in [3.63, 3.8) is 0 Å². The SMILES string of the molecule is Cc1ccccc1C(N)c1cc2c(cc1Cl)NC(=O)C2. The van der Waals surface area contributed by atoms with Crippen LogP contribution in [-0.4, -0.2) is 5.91 Å². The van der Waals surface area contributed by atoms with Crippen LogP contribution in [0.4, 0.5) is 5.69 Å². The summed E-state index contributed by atoms with van der Waals surface area (Å²) >= 11 is 6.32. The maximum absolute atomic E-state index is 11.4. The monoisotopic (exact) mass is 286 g/mol. The molecule has 1 aliphatic heterocycles. The molecule has 2 aromatic rings. The number of amides is 1. The summed E-state index contributed by atoms with van der Waals surface area (Å²) in [6, 6.07) is 11.4. The van der Waals surface area contributed by atoms with Crippen LogP contribution in [0.2, 0.25) is 5.02 Å². The lowest BCUT2D eigenvalue weighted by molar-refractivity contribution is -0.115. The van der Waals surface area contributed by atoms with E-state index in [2.05, 4.69) is 5.32 Å². The number of rotatable bonds is 2. The minimum absolute atomic E-state index is 0.00215.